The number of aliphatic hydroxyl groups is 1. The second-order valence-corrected chi connectivity index (χ2v) is 7.91. The van der Waals surface area contributed by atoms with Crippen molar-refractivity contribution >= 4 is 5.97 Å². The van der Waals surface area contributed by atoms with Gasteiger partial charge in [-0.1, -0.05) is 18.2 Å². The van der Waals surface area contributed by atoms with Gasteiger partial charge in [-0.05, 0) is 79.8 Å². The van der Waals surface area contributed by atoms with Crippen LogP contribution in [0, 0.1) is 35.5 Å². The number of aliphatic hydroxyl groups excluding tert-OH is 1. The van der Waals surface area contributed by atoms with Crippen LogP contribution in [-0.2, 0) is 9.53 Å². The van der Waals surface area contributed by atoms with Gasteiger partial charge >= 0.3 is 5.97 Å². The summed E-state index contributed by atoms with van der Waals surface area (Å²) < 4.78 is 5.57. The van der Waals surface area contributed by atoms with Crippen molar-refractivity contribution in [1.29, 1.82) is 0 Å². The molecule has 0 aromatic heterocycles. The van der Waals surface area contributed by atoms with Crippen molar-refractivity contribution in [1.82, 2.24) is 0 Å². The molecule has 3 nitrogen and oxygen atoms in total. The van der Waals surface area contributed by atoms with Gasteiger partial charge < -0.3 is 9.84 Å². The summed E-state index contributed by atoms with van der Waals surface area (Å²) in [5.41, 5.74) is 1.93. The Morgan fingerprint density at radius 3 is 2.70 bits per heavy atom. The Morgan fingerprint density at radius 1 is 1.22 bits per heavy atom. The maximum absolute atomic E-state index is 12.3. The minimum Gasteiger partial charge on any atom is -0.462 e. The summed E-state index contributed by atoms with van der Waals surface area (Å²) in [7, 11) is 0. The Kier molecular flexibility index (Phi) is 3.92. The molecule has 0 radical (unpaired) electrons. The monoisotopic (exact) mass is 314 g/mol. The van der Waals surface area contributed by atoms with Crippen LogP contribution in [0.25, 0.3) is 0 Å². The normalized spacial score (nSPS) is 40.8. The number of hydrogen-bond acceptors (Lipinski definition) is 3. The van der Waals surface area contributed by atoms with Crippen molar-refractivity contribution in [3.8, 4) is 0 Å². The van der Waals surface area contributed by atoms with E-state index in [1.54, 1.807) is 0 Å². The average molecular weight is 314 g/mol. The maximum Gasteiger partial charge on any atom is 0.333 e. The number of carbonyl (C=O) groups excluding carboxylic acids is 1. The fourth-order valence-electron chi connectivity index (χ4n) is 5.16. The molecule has 23 heavy (non-hydrogen) atoms. The standard InChI is InChI=1S/C20H26O3/c1-12(4-16-7-14-8-17(10-21)19(16)9-14)20(22)23-11-18-6-13-2-3-15(18)5-13/h2-4,7,13-15,17-19,21H,5-6,8-11H2,1H3/b12-4+. The predicted molar refractivity (Wildman–Crippen MR) is 88.4 cm³/mol. The molecule has 0 saturated heterocycles. The number of esters is 1. The number of hydrogen-bond donors (Lipinski definition) is 1. The molecule has 0 aromatic rings. The van der Waals surface area contributed by atoms with E-state index in [9.17, 15) is 9.90 Å². The Balaban J connectivity index is 1.33. The summed E-state index contributed by atoms with van der Waals surface area (Å²) in [6.45, 7) is 2.66. The SMILES string of the molecule is C/C(=C\C1=CC2CC(CO)C1C2)C(=O)OCC1CC2C=CC1C2. The predicted octanol–water partition coefficient (Wildman–Crippen LogP) is 3.26. The summed E-state index contributed by atoms with van der Waals surface area (Å²) in [4.78, 5) is 12.3. The van der Waals surface area contributed by atoms with Gasteiger partial charge in [0.05, 0.1) is 6.61 Å². The van der Waals surface area contributed by atoms with E-state index in [0.29, 0.717) is 41.8 Å². The highest BCUT2D eigenvalue weighted by molar-refractivity contribution is 5.88. The fourth-order valence-corrected chi connectivity index (χ4v) is 5.16. The van der Waals surface area contributed by atoms with E-state index in [2.05, 4.69) is 18.2 Å². The molecule has 4 rings (SSSR count). The number of rotatable bonds is 5. The van der Waals surface area contributed by atoms with Crippen molar-refractivity contribution < 1.29 is 14.6 Å². The number of allylic oxidation sites excluding steroid dienone is 5. The van der Waals surface area contributed by atoms with E-state index in [0.717, 1.165) is 18.8 Å². The molecule has 2 saturated carbocycles. The van der Waals surface area contributed by atoms with Gasteiger partial charge in [-0.2, -0.15) is 0 Å². The number of ether oxygens (including phenoxy) is 1. The summed E-state index contributed by atoms with van der Waals surface area (Å²) in [5.74, 6) is 3.08. The fraction of sp³-hybridized carbons (Fsp3) is 0.650. The van der Waals surface area contributed by atoms with Crippen LogP contribution in [0.2, 0.25) is 0 Å². The van der Waals surface area contributed by atoms with Crippen molar-refractivity contribution in [2.75, 3.05) is 13.2 Å². The first-order chi connectivity index (χ1) is 11.1. The smallest absolute Gasteiger partial charge is 0.333 e. The second kappa shape index (κ2) is 5.94. The Morgan fingerprint density at radius 2 is 2.04 bits per heavy atom. The van der Waals surface area contributed by atoms with Crippen LogP contribution < -0.4 is 0 Å². The zero-order chi connectivity index (χ0) is 16.0. The molecule has 6 unspecified atom stereocenters. The molecule has 0 aromatic carbocycles. The molecule has 0 spiro atoms. The quantitative estimate of drug-likeness (QED) is 0.481. The summed E-state index contributed by atoms with van der Waals surface area (Å²) in [6.07, 6.45) is 13.5. The summed E-state index contributed by atoms with van der Waals surface area (Å²) in [5, 5.41) is 9.46. The molecule has 0 aliphatic heterocycles. The minimum absolute atomic E-state index is 0.180. The molecule has 0 amide bonds. The van der Waals surface area contributed by atoms with Crippen LogP contribution in [0.5, 0.6) is 0 Å². The van der Waals surface area contributed by atoms with E-state index in [-0.39, 0.29) is 12.6 Å². The van der Waals surface area contributed by atoms with Crippen molar-refractivity contribution in [2.45, 2.75) is 32.6 Å². The average Bonchev–Trinajstić information content (AvgIpc) is 3.31. The molecular formula is C20H26O3. The minimum atomic E-state index is -0.180. The first-order valence-electron chi connectivity index (χ1n) is 9.00. The molecular weight excluding hydrogens is 288 g/mol. The largest absolute Gasteiger partial charge is 0.462 e. The highest BCUT2D eigenvalue weighted by Gasteiger charge is 2.40. The van der Waals surface area contributed by atoms with E-state index in [1.807, 2.05) is 13.0 Å². The van der Waals surface area contributed by atoms with Crippen LogP contribution in [0.1, 0.15) is 32.6 Å². The molecule has 124 valence electrons. The molecule has 6 atom stereocenters. The lowest BCUT2D eigenvalue weighted by molar-refractivity contribution is -0.140. The molecule has 0 heterocycles. The highest BCUT2D eigenvalue weighted by atomic mass is 16.5. The van der Waals surface area contributed by atoms with Crippen LogP contribution in [0.15, 0.2) is 35.5 Å². The van der Waals surface area contributed by atoms with Gasteiger partial charge in [0.15, 0.2) is 0 Å². The van der Waals surface area contributed by atoms with Gasteiger partial charge in [-0.25, -0.2) is 4.79 Å². The van der Waals surface area contributed by atoms with Gasteiger partial charge in [-0.3, -0.25) is 0 Å². The van der Waals surface area contributed by atoms with E-state index < -0.39 is 0 Å². The van der Waals surface area contributed by atoms with Crippen molar-refractivity contribution in [3.63, 3.8) is 0 Å². The Labute approximate surface area is 138 Å². The Hall–Kier alpha value is -1.35. The summed E-state index contributed by atoms with van der Waals surface area (Å²) in [6, 6.07) is 0. The molecule has 1 N–H and O–H groups in total. The van der Waals surface area contributed by atoms with Gasteiger partial charge in [0, 0.05) is 12.2 Å². The number of fused-ring (bicyclic) bond motifs is 4. The van der Waals surface area contributed by atoms with Crippen LogP contribution in [-0.4, -0.2) is 24.3 Å². The number of carbonyl (C=O) groups is 1. The summed E-state index contributed by atoms with van der Waals surface area (Å²) >= 11 is 0. The van der Waals surface area contributed by atoms with E-state index >= 15 is 0 Å². The van der Waals surface area contributed by atoms with Gasteiger partial charge in [-0.15, -0.1) is 0 Å². The molecule has 4 bridgehead atoms. The zero-order valence-corrected chi connectivity index (χ0v) is 13.8. The molecule has 3 heteroatoms. The van der Waals surface area contributed by atoms with Gasteiger partial charge in [0.2, 0.25) is 0 Å². The zero-order valence-electron chi connectivity index (χ0n) is 13.8. The molecule has 4 aliphatic carbocycles. The topological polar surface area (TPSA) is 46.5 Å². The van der Waals surface area contributed by atoms with Crippen molar-refractivity contribution in [3.05, 3.63) is 35.5 Å². The Bertz CT molecular complexity index is 586. The van der Waals surface area contributed by atoms with E-state index in [4.69, 9.17) is 4.74 Å². The van der Waals surface area contributed by atoms with Gasteiger partial charge in [0.25, 0.3) is 0 Å². The second-order valence-electron chi connectivity index (χ2n) is 7.91. The third-order valence-electron chi connectivity index (χ3n) is 6.37. The lowest BCUT2D eigenvalue weighted by Gasteiger charge is -2.20. The maximum atomic E-state index is 12.3. The van der Waals surface area contributed by atoms with Crippen LogP contribution in [0.3, 0.4) is 0 Å². The van der Waals surface area contributed by atoms with Crippen LogP contribution >= 0.6 is 0 Å². The first-order valence-corrected chi connectivity index (χ1v) is 9.00. The van der Waals surface area contributed by atoms with Crippen LogP contribution in [0.4, 0.5) is 0 Å². The lowest BCUT2D eigenvalue weighted by Crippen LogP contribution is -2.19. The molecule has 2 fully saturated rings. The first kappa shape index (κ1) is 15.2. The molecule has 4 aliphatic rings. The third kappa shape index (κ3) is 2.80. The van der Waals surface area contributed by atoms with Crippen molar-refractivity contribution in [2.24, 2.45) is 35.5 Å². The van der Waals surface area contributed by atoms with E-state index in [1.165, 1.54) is 18.4 Å². The van der Waals surface area contributed by atoms with Gasteiger partial charge in [0.1, 0.15) is 0 Å². The highest BCUT2D eigenvalue weighted by Crippen LogP contribution is 2.48. The lowest BCUT2D eigenvalue weighted by atomic mass is 9.87. The third-order valence-corrected chi connectivity index (χ3v) is 6.37.